The smallest absolute Gasteiger partial charge is 0.134 e. The van der Waals surface area contributed by atoms with Crippen LogP contribution >= 0.6 is 28.3 Å². The Morgan fingerprint density at radius 1 is 1.53 bits per heavy atom. The number of halogens is 2. The predicted molar refractivity (Wildman–Crippen MR) is 73.9 cm³/mol. The summed E-state index contributed by atoms with van der Waals surface area (Å²) in [6.45, 7) is 0. The Hall–Kier alpha value is -0.450. The molecule has 17 heavy (non-hydrogen) atoms. The van der Waals surface area contributed by atoms with E-state index < -0.39 is 0 Å². The van der Waals surface area contributed by atoms with Crippen molar-refractivity contribution >= 4 is 28.3 Å². The fraction of sp³-hybridized carbons (Fsp3) is 0.500. The number of ether oxygens (including phenoxy) is 1. The molecule has 3 N–H and O–H groups in total. The van der Waals surface area contributed by atoms with Gasteiger partial charge in [-0.15, -0.1) is 12.4 Å². The lowest BCUT2D eigenvalue weighted by molar-refractivity contribution is 0.407. The maximum absolute atomic E-state index is 9.94. The van der Waals surface area contributed by atoms with Crippen LogP contribution in [0.3, 0.4) is 0 Å². The first kappa shape index (κ1) is 14.6. The maximum atomic E-state index is 9.94. The minimum absolute atomic E-state index is 0. The van der Waals surface area contributed by atoms with Gasteiger partial charge in [-0.05, 0) is 40.4 Å². The first-order chi connectivity index (χ1) is 7.61. The molecule has 1 saturated carbocycles. The SMILES string of the molecule is COc1cc(Br)c(O)c([C@H](N)CC2CC2)c1.Cl. The lowest BCUT2D eigenvalue weighted by Crippen LogP contribution is -2.11. The van der Waals surface area contributed by atoms with Crippen molar-refractivity contribution in [2.75, 3.05) is 7.11 Å². The molecule has 1 aliphatic rings. The largest absolute Gasteiger partial charge is 0.506 e. The molecule has 1 aromatic rings. The number of hydrogen-bond acceptors (Lipinski definition) is 3. The van der Waals surface area contributed by atoms with Crippen LogP contribution in [-0.4, -0.2) is 12.2 Å². The summed E-state index contributed by atoms with van der Waals surface area (Å²) >= 11 is 3.30. The second kappa shape index (κ2) is 5.94. The molecule has 1 aliphatic carbocycles. The molecule has 0 aliphatic heterocycles. The first-order valence-corrected chi connectivity index (χ1v) is 6.23. The number of methoxy groups -OCH3 is 1. The van der Waals surface area contributed by atoms with Crippen molar-refractivity contribution in [3.05, 3.63) is 22.2 Å². The summed E-state index contributed by atoms with van der Waals surface area (Å²) in [6.07, 6.45) is 3.46. The van der Waals surface area contributed by atoms with Crippen LogP contribution in [0.4, 0.5) is 0 Å². The normalized spacial score (nSPS) is 16.2. The summed E-state index contributed by atoms with van der Waals surface area (Å²) < 4.78 is 5.80. The van der Waals surface area contributed by atoms with Gasteiger partial charge in [0.25, 0.3) is 0 Å². The molecule has 3 nitrogen and oxygen atoms in total. The van der Waals surface area contributed by atoms with Crippen LogP contribution < -0.4 is 10.5 Å². The Bertz CT molecular complexity index is 396. The standard InChI is InChI=1S/C12H16BrNO2.ClH/c1-16-8-5-9(12(15)10(13)6-8)11(14)4-7-2-3-7;/h5-7,11,15H,2-4,14H2,1H3;1H/t11-;/m1./s1. The van der Waals surface area contributed by atoms with Gasteiger partial charge in [-0.1, -0.05) is 12.8 Å². The fourth-order valence-corrected chi connectivity index (χ4v) is 2.29. The Morgan fingerprint density at radius 2 is 2.18 bits per heavy atom. The zero-order valence-corrected chi connectivity index (χ0v) is 12.1. The molecule has 1 fully saturated rings. The molecular weight excluding hydrogens is 305 g/mol. The van der Waals surface area contributed by atoms with Crippen molar-refractivity contribution in [2.45, 2.75) is 25.3 Å². The highest BCUT2D eigenvalue weighted by Gasteiger charge is 2.26. The van der Waals surface area contributed by atoms with Gasteiger partial charge in [-0.3, -0.25) is 0 Å². The summed E-state index contributed by atoms with van der Waals surface area (Å²) in [5.74, 6) is 1.68. The van der Waals surface area contributed by atoms with Crippen molar-refractivity contribution in [3.8, 4) is 11.5 Å². The zero-order chi connectivity index (χ0) is 11.7. The third kappa shape index (κ3) is 3.50. The van der Waals surface area contributed by atoms with Gasteiger partial charge in [0.1, 0.15) is 11.5 Å². The molecule has 0 heterocycles. The summed E-state index contributed by atoms with van der Waals surface area (Å²) in [5.41, 5.74) is 6.86. The van der Waals surface area contributed by atoms with Gasteiger partial charge in [0, 0.05) is 11.6 Å². The number of aromatic hydroxyl groups is 1. The van der Waals surface area contributed by atoms with Crippen LogP contribution in [0.5, 0.6) is 11.5 Å². The van der Waals surface area contributed by atoms with Crippen molar-refractivity contribution in [2.24, 2.45) is 11.7 Å². The van der Waals surface area contributed by atoms with E-state index >= 15 is 0 Å². The van der Waals surface area contributed by atoms with Crippen LogP contribution in [0, 0.1) is 5.92 Å². The van der Waals surface area contributed by atoms with Gasteiger partial charge in [-0.25, -0.2) is 0 Å². The Kier molecular flexibility index (Phi) is 5.10. The van der Waals surface area contributed by atoms with Crippen LogP contribution in [-0.2, 0) is 0 Å². The van der Waals surface area contributed by atoms with E-state index in [-0.39, 0.29) is 24.2 Å². The number of phenolic OH excluding ortho intramolecular Hbond substituents is 1. The Labute approximate surface area is 116 Å². The lowest BCUT2D eigenvalue weighted by atomic mass is 10.0. The number of benzene rings is 1. The van der Waals surface area contributed by atoms with Crippen LogP contribution in [0.1, 0.15) is 30.9 Å². The van der Waals surface area contributed by atoms with Gasteiger partial charge >= 0.3 is 0 Å². The van der Waals surface area contributed by atoms with Gasteiger partial charge in [-0.2, -0.15) is 0 Å². The molecular formula is C12H17BrClNO2. The molecule has 5 heteroatoms. The molecule has 1 atom stereocenters. The van der Waals surface area contributed by atoms with E-state index in [0.717, 1.165) is 17.9 Å². The highest BCUT2D eigenvalue weighted by Crippen LogP contribution is 2.41. The van der Waals surface area contributed by atoms with E-state index in [1.807, 2.05) is 6.07 Å². The van der Waals surface area contributed by atoms with Gasteiger partial charge in [0.15, 0.2) is 0 Å². The van der Waals surface area contributed by atoms with E-state index in [9.17, 15) is 5.11 Å². The molecule has 2 rings (SSSR count). The number of rotatable bonds is 4. The maximum Gasteiger partial charge on any atom is 0.134 e. The third-order valence-corrected chi connectivity index (χ3v) is 3.59. The molecule has 0 spiro atoms. The lowest BCUT2D eigenvalue weighted by Gasteiger charge is -2.15. The monoisotopic (exact) mass is 321 g/mol. The highest BCUT2D eigenvalue weighted by molar-refractivity contribution is 9.10. The highest BCUT2D eigenvalue weighted by atomic mass is 79.9. The third-order valence-electron chi connectivity index (χ3n) is 2.99. The molecule has 0 unspecified atom stereocenters. The van der Waals surface area contributed by atoms with Crippen molar-refractivity contribution in [1.29, 1.82) is 0 Å². The first-order valence-electron chi connectivity index (χ1n) is 5.43. The van der Waals surface area contributed by atoms with Crippen molar-refractivity contribution < 1.29 is 9.84 Å². The van der Waals surface area contributed by atoms with E-state index in [1.54, 1.807) is 13.2 Å². The fourth-order valence-electron chi connectivity index (χ4n) is 1.83. The molecule has 0 aromatic heterocycles. The Morgan fingerprint density at radius 3 is 2.71 bits per heavy atom. The predicted octanol–water partition coefficient (Wildman–Crippen LogP) is 3.39. The quantitative estimate of drug-likeness (QED) is 0.893. The average Bonchev–Trinajstić information content (AvgIpc) is 3.05. The molecule has 0 amide bonds. The van der Waals surface area contributed by atoms with Crippen LogP contribution in [0.2, 0.25) is 0 Å². The van der Waals surface area contributed by atoms with E-state index in [2.05, 4.69) is 15.9 Å². The van der Waals surface area contributed by atoms with E-state index in [4.69, 9.17) is 10.5 Å². The van der Waals surface area contributed by atoms with E-state index in [0.29, 0.717) is 10.2 Å². The number of phenols is 1. The molecule has 96 valence electrons. The summed E-state index contributed by atoms with van der Waals surface area (Å²) in [5, 5.41) is 9.94. The van der Waals surface area contributed by atoms with Gasteiger partial charge in [0.2, 0.25) is 0 Å². The number of nitrogens with two attached hydrogens (primary N) is 1. The Balaban J connectivity index is 0.00000144. The van der Waals surface area contributed by atoms with Crippen LogP contribution in [0.25, 0.3) is 0 Å². The summed E-state index contributed by atoms with van der Waals surface area (Å²) in [6, 6.07) is 3.44. The van der Waals surface area contributed by atoms with Gasteiger partial charge < -0.3 is 15.6 Å². The van der Waals surface area contributed by atoms with Crippen molar-refractivity contribution in [3.63, 3.8) is 0 Å². The molecule has 0 radical (unpaired) electrons. The minimum atomic E-state index is -0.112. The molecule has 0 saturated heterocycles. The summed E-state index contributed by atoms with van der Waals surface area (Å²) in [4.78, 5) is 0. The number of hydrogen-bond donors (Lipinski definition) is 2. The topological polar surface area (TPSA) is 55.5 Å². The summed E-state index contributed by atoms with van der Waals surface area (Å²) in [7, 11) is 1.61. The van der Waals surface area contributed by atoms with Crippen molar-refractivity contribution in [1.82, 2.24) is 0 Å². The average molecular weight is 323 g/mol. The van der Waals surface area contributed by atoms with Crippen LogP contribution in [0.15, 0.2) is 16.6 Å². The second-order valence-electron chi connectivity index (χ2n) is 4.33. The minimum Gasteiger partial charge on any atom is -0.506 e. The molecule has 1 aromatic carbocycles. The van der Waals surface area contributed by atoms with E-state index in [1.165, 1.54) is 12.8 Å². The molecule has 0 bridgehead atoms. The zero-order valence-electron chi connectivity index (χ0n) is 9.65. The van der Waals surface area contributed by atoms with Gasteiger partial charge in [0.05, 0.1) is 11.6 Å². The second-order valence-corrected chi connectivity index (χ2v) is 5.19.